The highest BCUT2D eigenvalue weighted by atomic mass is 16.5. The Morgan fingerprint density at radius 1 is 1.57 bits per heavy atom. The first kappa shape index (κ1) is 11.5. The maximum atomic E-state index is 11.5. The molecule has 1 aliphatic rings. The largest absolute Gasteiger partial charge is 0.465 e. The van der Waals surface area contributed by atoms with Crippen LogP contribution in [0.5, 0.6) is 0 Å². The van der Waals surface area contributed by atoms with E-state index in [0.29, 0.717) is 6.61 Å². The lowest BCUT2D eigenvalue weighted by Crippen LogP contribution is -2.43. The number of ether oxygens (including phenoxy) is 1. The van der Waals surface area contributed by atoms with E-state index in [1.807, 2.05) is 18.7 Å². The fourth-order valence-electron chi connectivity index (χ4n) is 1.96. The van der Waals surface area contributed by atoms with Gasteiger partial charge in [-0.1, -0.05) is 13.8 Å². The first-order chi connectivity index (χ1) is 6.61. The predicted molar refractivity (Wildman–Crippen MR) is 52.8 cm³/mol. The minimum absolute atomic E-state index is 0.143. The molecule has 0 aromatic carbocycles. The quantitative estimate of drug-likeness (QED) is 0.665. The van der Waals surface area contributed by atoms with Crippen molar-refractivity contribution in [2.75, 3.05) is 19.7 Å². The zero-order valence-corrected chi connectivity index (χ0v) is 9.06. The second kappa shape index (κ2) is 4.75. The molecule has 0 aromatic heterocycles. The molecule has 1 saturated heterocycles. The molecule has 0 aromatic rings. The van der Waals surface area contributed by atoms with E-state index in [9.17, 15) is 9.90 Å². The normalized spacial score (nSPS) is 33.3. The van der Waals surface area contributed by atoms with Gasteiger partial charge >= 0.3 is 5.97 Å². The molecule has 1 N–H and O–H groups in total. The standard InChI is InChI=1S/C10H19NO3/c1-4-11-6-7(3)9(12)8(11)10(13)14-5-2/h7-9,12H,4-6H2,1-3H3/t7-,8+,9+/m1/s1. The van der Waals surface area contributed by atoms with Crippen molar-refractivity contribution >= 4 is 5.97 Å². The van der Waals surface area contributed by atoms with Gasteiger partial charge in [-0.25, -0.2) is 0 Å². The van der Waals surface area contributed by atoms with Gasteiger partial charge in [-0.05, 0) is 19.4 Å². The van der Waals surface area contributed by atoms with E-state index in [4.69, 9.17) is 4.74 Å². The first-order valence-electron chi connectivity index (χ1n) is 5.20. The topological polar surface area (TPSA) is 49.8 Å². The highest BCUT2D eigenvalue weighted by Gasteiger charge is 2.42. The summed E-state index contributed by atoms with van der Waals surface area (Å²) in [6.45, 7) is 7.61. The van der Waals surface area contributed by atoms with Crippen LogP contribution in [0.2, 0.25) is 0 Å². The number of aliphatic hydroxyl groups excluding tert-OH is 1. The molecule has 0 unspecified atom stereocenters. The molecule has 1 rings (SSSR count). The number of hydrogen-bond donors (Lipinski definition) is 1. The van der Waals surface area contributed by atoms with E-state index in [1.165, 1.54) is 0 Å². The predicted octanol–water partition coefficient (Wildman–Crippen LogP) is 0.251. The Bertz CT molecular complexity index is 208. The molecular weight excluding hydrogens is 182 g/mol. The van der Waals surface area contributed by atoms with Gasteiger partial charge < -0.3 is 9.84 Å². The van der Waals surface area contributed by atoms with Gasteiger partial charge in [0.05, 0.1) is 12.7 Å². The van der Waals surface area contributed by atoms with Crippen LogP contribution in [0.4, 0.5) is 0 Å². The van der Waals surface area contributed by atoms with E-state index in [1.54, 1.807) is 6.92 Å². The summed E-state index contributed by atoms with van der Waals surface area (Å²) < 4.78 is 4.94. The van der Waals surface area contributed by atoms with Crippen molar-refractivity contribution < 1.29 is 14.6 Å². The zero-order chi connectivity index (χ0) is 10.7. The van der Waals surface area contributed by atoms with Crippen LogP contribution in [0.25, 0.3) is 0 Å². The van der Waals surface area contributed by atoms with Gasteiger partial charge in [0.25, 0.3) is 0 Å². The molecule has 0 spiro atoms. The summed E-state index contributed by atoms with van der Waals surface area (Å²) in [7, 11) is 0. The Morgan fingerprint density at radius 2 is 2.21 bits per heavy atom. The molecule has 1 fully saturated rings. The molecule has 1 aliphatic heterocycles. The number of esters is 1. The fraction of sp³-hybridized carbons (Fsp3) is 0.900. The van der Waals surface area contributed by atoms with Crippen LogP contribution in [-0.4, -0.2) is 47.8 Å². The average molecular weight is 201 g/mol. The van der Waals surface area contributed by atoms with Gasteiger partial charge in [0.1, 0.15) is 6.04 Å². The molecule has 82 valence electrons. The molecule has 0 saturated carbocycles. The Kier molecular flexibility index (Phi) is 3.89. The monoisotopic (exact) mass is 201 g/mol. The lowest BCUT2D eigenvalue weighted by molar-refractivity contribution is -0.151. The first-order valence-corrected chi connectivity index (χ1v) is 5.20. The third kappa shape index (κ3) is 2.07. The van der Waals surface area contributed by atoms with E-state index in [2.05, 4.69) is 0 Å². The van der Waals surface area contributed by atoms with E-state index in [0.717, 1.165) is 13.1 Å². The molecule has 0 bridgehead atoms. The maximum absolute atomic E-state index is 11.5. The summed E-state index contributed by atoms with van der Waals surface area (Å²) in [5.74, 6) is -0.157. The highest BCUT2D eigenvalue weighted by Crippen LogP contribution is 2.23. The number of likely N-dealkylation sites (N-methyl/N-ethyl adjacent to an activating group) is 1. The molecule has 3 atom stereocenters. The third-order valence-electron chi connectivity index (χ3n) is 2.76. The van der Waals surface area contributed by atoms with Crippen molar-refractivity contribution in [3.8, 4) is 0 Å². The summed E-state index contributed by atoms with van der Waals surface area (Å²) in [6.07, 6.45) is -0.589. The molecule has 4 heteroatoms. The van der Waals surface area contributed by atoms with Gasteiger partial charge in [-0.3, -0.25) is 9.69 Å². The van der Waals surface area contributed by atoms with Gasteiger partial charge in [-0.2, -0.15) is 0 Å². The Morgan fingerprint density at radius 3 is 2.71 bits per heavy atom. The van der Waals surface area contributed by atoms with E-state index in [-0.39, 0.29) is 11.9 Å². The van der Waals surface area contributed by atoms with Crippen LogP contribution < -0.4 is 0 Å². The summed E-state index contributed by atoms with van der Waals surface area (Å²) in [6, 6.07) is -0.463. The summed E-state index contributed by atoms with van der Waals surface area (Å²) >= 11 is 0. The SMILES string of the molecule is CCOC(=O)[C@@H]1[C@@H](O)[C@H](C)CN1CC. The molecular formula is C10H19NO3. The van der Waals surface area contributed by atoms with Gasteiger partial charge in [0.2, 0.25) is 0 Å². The van der Waals surface area contributed by atoms with Crippen molar-refractivity contribution in [2.45, 2.75) is 32.9 Å². The van der Waals surface area contributed by atoms with Crippen molar-refractivity contribution in [3.63, 3.8) is 0 Å². The lowest BCUT2D eigenvalue weighted by atomic mass is 10.0. The fourth-order valence-corrected chi connectivity index (χ4v) is 1.96. The Balaban J connectivity index is 2.68. The molecule has 14 heavy (non-hydrogen) atoms. The van der Waals surface area contributed by atoms with E-state index < -0.39 is 12.1 Å². The molecule has 0 radical (unpaired) electrons. The van der Waals surface area contributed by atoms with E-state index >= 15 is 0 Å². The lowest BCUT2D eigenvalue weighted by Gasteiger charge is -2.22. The number of hydrogen-bond acceptors (Lipinski definition) is 4. The minimum atomic E-state index is -0.589. The number of rotatable bonds is 3. The molecule has 0 amide bonds. The number of likely N-dealkylation sites (tertiary alicyclic amines) is 1. The molecule has 4 nitrogen and oxygen atoms in total. The number of aliphatic hydroxyl groups is 1. The zero-order valence-electron chi connectivity index (χ0n) is 9.06. The van der Waals surface area contributed by atoms with Gasteiger partial charge in [0, 0.05) is 6.54 Å². The second-order valence-corrected chi connectivity index (χ2v) is 3.75. The summed E-state index contributed by atoms with van der Waals surface area (Å²) in [5, 5.41) is 9.81. The summed E-state index contributed by atoms with van der Waals surface area (Å²) in [5.41, 5.74) is 0. The van der Waals surface area contributed by atoms with Crippen LogP contribution in [0, 0.1) is 5.92 Å². The number of carbonyl (C=O) groups excluding carboxylic acids is 1. The minimum Gasteiger partial charge on any atom is -0.465 e. The van der Waals surface area contributed by atoms with Crippen molar-refractivity contribution in [2.24, 2.45) is 5.92 Å². The maximum Gasteiger partial charge on any atom is 0.326 e. The van der Waals surface area contributed by atoms with Crippen molar-refractivity contribution in [1.82, 2.24) is 4.90 Å². The second-order valence-electron chi connectivity index (χ2n) is 3.75. The number of carbonyl (C=O) groups is 1. The summed E-state index contributed by atoms with van der Waals surface area (Å²) in [4.78, 5) is 13.5. The smallest absolute Gasteiger partial charge is 0.326 e. The van der Waals surface area contributed by atoms with Crippen molar-refractivity contribution in [3.05, 3.63) is 0 Å². The van der Waals surface area contributed by atoms with Crippen LogP contribution in [-0.2, 0) is 9.53 Å². The Labute approximate surface area is 84.8 Å². The van der Waals surface area contributed by atoms with Crippen LogP contribution in [0.3, 0.4) is 0 Å². The number of nitrogens with zero attached hydrogens (tertiary/aromatic N) is 1. The Hall–Kier alpha value is -0.610. The highest BCUT2D eigenvalue weighted by molar-refractivity contribution is 5.77. The van der Waals surface area contributed by atoms with Gasteiger partial charge in [0.15, 0.2) is 0 Å². The van der Waals surface area contributed by atoms with Crippen LogP contribution >= 0.6 is 0 Å². The van der Waals surface area contributed by atoms with Crippen LogP contribution in [0.15, 0.2) is 0 Å². The molecule has 0 aliphatic carbocycles. The van der Waals surface area contributed by atoms with Crippen molar-refractivity contribution in [1.29, 1.82) is 0 Å². The molecule has 1 heterocycles. The third-order valence-corrected chi connectivity index (χ3v) is 2.76. The van der Waals surface area contributed by atoms with Gasteiger partial charge in [-0.15, -0.1) is 0 Å². The average Bonchev–Trinajstić information content (AvgIpc) is 2.43. The van der Waals surface area contributed by atoms with Crippen LogP contribution in [0.1, 0.15) is 20.8 Å².